The number of hydrogen-bond donors (Lipinski definition) is 1. The van der Waals surface area contributed by atoms with Crippen LogP contribution in [0.15, 0.2) is 71.6 Å². The number of nitrogens with zero attached hydrogens (tertiary/aromatic N) is 2. The van der Waals surface area contributed by atoms with Crippen molar-refractivity contribution in [3.63, 3.8) is 0 Å². The van der Waals surface area contributed by atoms with Gasteiger partial charge in [0.15, 0.2) is 0 Å². The number of sulfonamides is 1. The molecule has 0 saturated heterocycles. The van der Waals surface area contributed by atoms with Crippen LogP contribution in [0.5, 0.6) is 5.75 Å². The molecule has 0 aliphatic heterocycles. The fourth-order valence-corrected chi connectivity index (χ4v) is 6.13. The predicted molar refractivity (Wildman–Crippen MR) is 168 cm³/mol. The molecule has 0 aromatic heterocycles. The number of nitrogens with one attached hydrogen (secondary N) is 1. The molecule has 0 fully saturated rings. The molecule has 3 aromatic rings. The monoisotopic (exact) mass is 651 g/mol. The van der Waals surface area contributed by atoms with Gasteiger partial charge in [0.05, 0.1) is 27.2 Å². The first kappa shape index (κ1) is 34.2. The van der Waals surface area contributed by atoms with E-state index in [4.69, 9.17) is 27.9 Å². The summed E-state index contributed by atoms with van der Waals surface area (Å²) in [6.07, 6.45) is 1.92. The summed E-state index contributed by atoms with van der Waals surface area (Å²) < 4.78 is 47.9. The van der Waals surface area contributed by atoms with Crippen LogP contribution in [0.3, 0.4) is 0 Å². The largest absolute Gasteiger partial charge is 0.494 e. The van der Waals surface area contributed by atoms with Gasteiger partial charge in [0.1, 0.15) is 24.2 Å². The summed E-state index contributed by atoms with van der Waals surface area (Å²) in [6, 6.07) is 14.6. The first-order valence-electron chi connectivity index (χ1n) is 14.0. The summed E-state index contributed by atoms with van der Waals surface area (Å²) in [5.74, 6) is -1.05. The fraction of sp³-hybridized carbons (Fsp3) is 0.355. The van der Waals surface area contributed by atoms with Crippen molar-refractivity contribution in [2.45, 2.75) is 57.5 Å². The van der Waals surface area contributed by atoms with E-state index in [9.17, 15) is 22.4 Å². The van der Waals surface area contributed by atoms with Gasteiger partial charge in [0, 0.05) is 13.1 Å². The topological polar surface area (TPSA) is 96.0 Å². The predicted octanol–water partition coefficient (Wildman–Crippen LogP) is 6.45. The van der Waals surface area contributed by atoms with Gasteiger partial charge in [-0.15, -0.1) is 0 Å². The highest BCUT2D eigenvalue weighted by atomic mass is 35.5. The Morgan fingerprint density at radius 3 is 2.21 bits per heavy atom. The third-order valence-electron chi connectivity index (χ3n) is 6.67. The quantitative estimate of drug-likeness (QED) is 0.191. The maximum absolute atomic E-state index is 14.1. The van der Waals surface area contributed by atoms with E-state index in [-0.39, 0.29) is 34.5 Å². The molecule has 0 unspecified atom stereocenters. The van der Waals surface area contributed by atoms with E-state index in [1.807, 2.05) is 13.8 Å². The highest BCUT2D eigenvalue weighted by Crippen LogP contribution is 2.28. The third kappa shape index (κ3) is 9.08. The minimum atomic E-state index is -4.34. The van der Waals surface area contributed by atoms with Gasteiger partial charge >= 0.3 is 0 Å². The molecule has 12 heteroatoms. The lowest BCUT2D eigenvalue weighted by Gasteiger charge is -2.33. The van der Waals surface area contributed by atoms with Gasteiger partial charge < -0.3 is 15.0 Å². The van der Waals surface area contributed by atoms with Crippen molar-refractivity contribution in [3.8, 4) is 5.75 Å². The Hall–Kier alpha value is -3.34. The van der Waals surface area contributed by atoms with Crippen LogP contribution in [-0.4, -0.2) is 50.9 Å². The van der Waals surface area contributed by atoms with Gasteiger partial charge in [-0.1, -0.05) is 49.5 Å². The number of carbonyl (C=O) groups is 2. The fourth-order valence-electron chi connectivity index (χ4n) is 4.40. The van der Waals surface area contributed by atoms with Crippen LogP contribution >= 0.6 is 23.2 Å². The zero-order valence-corrected chi connectivity index (χ0v) is 26.7. The molecule has 43 heavy (non-hydrogen) atoms. The lowest BCUT2D eigenvalue weighted by Crippen LogP contribution is -2.52. The molecule has 0 aliphatic carbocycles. The van der Waals surface area contributed by atoms with Gasteiger partial charge in [-0.05, 0) is 86.0 Å². The van der Waals surface area contributed by atoms with Crippen LogP contribution in [-0.2, 0) is 26.2 Å². The molecule has 0 saturated carbocycles. The minimum absolute atomic E-state index is 0.0247. The van der Waals surface area contributed by atoms with Gasteiger partial charge in [0.25, 0.3) is 10.0 Å². The maximum atomic E-state index is 14.1. The highest BCUT2D eigenvalue weighted by molar-refractivity contribution is 7.92. The van der Waals surface area contributed by atoms with E-state index < -0.39 is 34.3 Å². The SMILES string of the molecule is CCCCNC(=O)[C@@H](CC)N(Cc1ccc(Cl)c(Cl)c1)C(=O)CN(c1ccc(OCC)cc1)S(=O)(=O)c1ccc(F)cc1. The first-order valence-corrected chi connectivity index (χ1v) is 16.2. The molecule has 0 bridgehead atoms. The van der Waals surface area contributed by atoms with Gasteiger partial charge in [0.2, 0.25) is 11.8 Å². The Balaban J connectivity index is 2.05. The zero-order chi connectivity index (χ0) is 31.6. The smallest absolute Gasteiger partial charge is 0.264 e. The van der Waals surface area contributed by atoms with Crippen LogP contribution in [0.25, 0.3) is 0 Å². The minimum Gasteiger partial charge on any atom is -0.494 e. The van der Waals surface area contributed by atoms with Gasteiger partial charge in [-0.25, -0.2) is 12.8 Å². The van der Waals surface area contributed by atoms with E-state index in [1.54, 1.807) is 37.3 Å². The van der Waals surface area contributed by atoms with Crippen molar-refractivity contribution in [2.24, 2.45) is 0 Å². The average molecular weight is 653 g/mol. The van der Waals surface area contributed by atoms with Crippen LogP contribution < -0.4 is 14.4 Å². The molecular weight excluding hydrogens is 616 g/mol. The van der Waals surface area contributed by atoms with Crippen LogP contribution in [0, 0.1) is 5.82 Å². The number of unbranched alkanes of at least 4 members (excludes halogenated alkanes) is 1. The molecule has 3 aromatic carbocycles. The van der Waals surface area contributed by atoms with Crippen molar-refractivity contribution in [2.75, 3.05) is 24.0 Å². The number of benzene rings is 3. The van der Waals surface area contributed by atoms with Gasteiger partial charge in [-0.2, -0.15) is 0 Å². The van der Waals surface area contributed by atoms with Gasteiger partial charge in [-0.3, -0.25) is 13.9 Å². The second-order valence-corrected chi connectivity index (χ2v) is 12.4. The summed E-state index contributed by atoms with van der Waals surface area (Å²) in [5.41, 5.74) is 0.799. The summed E-state index contributed by atoms with van der Waals surface area (Å²) in [7, 11) is -4.34. The Morgan fingerprint density at radius 2 is 1.63 bits per heavy atom. The number of halogens is 3. The number of amides is 2. The maximum Gasteiger partial charge on any atom is 0.264 e. The molecular formula is C31H36Cl2FN3O5S. The summed E-state index contributed by atoms with van der Waals surface area (Å²) in [5, 5.41) is 3.49. The number of hydrogen-bond acceptors (Lipinski definition) is 5. The molecule has 1 N–H and O–H groups in total. The molecule has 0 spiro atoms. The zero-order valence-electron chi connectivity index (χ0n) is 24.4. The molecule has 0 aliphatic rings. The normalized spacial score (nSPS) is 12.0. The molecule has 3 rings (SSSR count). The molecule has 0 heterocycles. The number of ether oxygens (including phenoxy) is 1. The van der Waals surface area contributed by atoms with Crippen molar-refractivity contribution in [1.29, 1.82) is 0 Å². The molecule has 8 nitrogen and oxygen atoms in total. The Kier molecular flexibility index (Phi) is 12.7. The second kappa shape index (κ2) is 15.9. The Bertz CT molecular complexity index is 1490. The van der Waals surface area contributed by atoms with Crippen molar-refractivity contribution < 1.29 is 27.1 Å². The summed E-state index contributed by atoms with van der Waals surface area (Å²) in [4.78, 5) is 28.5. The van der Waals surface area contributed by atoms with E-state index >= 15 is 0 Å². The van der Waals surface area contributed by atoms with Crippen LogP contribution in [0.2, 0.25) is 10.0 Å². The van der Waals surface area contributed by atoms with Crippen molar-refractivity contribution in [1.82, 2.24) is 10.2 Å². The lowest BCUT2D eigenvalue weighted by atomic mass is 10.1. The summed E-state index contributed by atoms with van der Waals surface area (Å²) >= 11 is 12.3. The van der Waals surface area contributed by atoms with E-state index in [0.29, 0.717) is 29.5 Å². The van der Waals surface area contributed by atoms with Crippen molar-refractivity contribution in [3.05, 3.63) is 88.2 Å². The number of carbonyl (C=O) groups excluding carboxylic acids is 2. The van der Waals surface area contributed by atoms with E-state index in [2.05, 4.69) is 5.32 Å². The summed E-state index contributed by atoms with van der Waals surface area (Å²) in [6.45, 7) is 5.80. The van der Waals surface area contributed by atoms with Crippen LogP contribution in [0.1, 0.15) is 45.6 Å². The lowest BCUT2D eigenvalue weighted by molar-refractivity contribution is -0.140. The van der Waals surface area contributed by atoms with Crippen molar-refractivity contribution >= 4 is 50.7 Å². The third-order valence-corrected chi connectivity index (χ3v) is 9.20. The van der Waals surface area contributed by atoms with E-state index in [1.165, 1.54) is 17.0 Å². The molecule has 232 valence electrons. The highest BCUT2D eigenvalue weighted by Gasteiger charge is 2.33. The molecule has 2 amide bonds. The molecule has 1 atom stereocenters. The average Bonchev–Trinajstić information content (AvgIpc) is 2.98. The molecule has 0 radical (unpaired) electrons. The Labute approximate surface area is 262 Å². The first-order chi connectivity index (χ1) is 20.5. The van der Waals surface area contributed by atoms with Crippen LogP contribution in [0.4, 0.5) is 10.1 Å². The standard InChI is InChI=1S/C31H36Cl2FN3O5S/c1-4-7-18-35-31(39)29(5-2)36(20-22-8-17-27(32)28(33)19-22)30(38)21-37(24-11-13-25(14-12-24)42-6-3)43(40,41)26-15-9-23(34)10-16-26/h8-17,19,29H,4-7,18,20-21H2,1-3H3,(H,35,39)/t29-/m1/s1. The number of rotatable bonds is 15. The van der Waals surface area contributed by atoms with E-state index in [0.717, 1.165) is 41.4 Å². The number of anilines is 1. The Morgan fingerprint density at radius 1 is 0.953 bits per heavy atom. The second-order valence-electron chi connectivity index (χ2n) is 9.73.